The number of carbonyl (C=O) groups excluding carboxylic acids is 2. The zero-order valence-electron chi connectivity index (χ0n) is 12.1. The number of methoxy groups -OCH3 is 2. The van der Waals surface area contributed by atoms with Crippen LogP contribution in [0.25, 0.3) is 0 Å². The third kappa shape index (κ3) is 3.97. The number of ether oxygens (including phenoxy) is 2. The van der Waals surface area contributed by atoms with Crippen molar-refractivity contribution in [2.45, 2.75) is 19.9 Å². The van der Waals surface area contributed by atoms with E-state index < -0.39 is 17.4 Å². The molecule has 1 aliphatic rings. The molecule has 0 aromatic heterocycles. The zero-order chi connectivity index (χ0) is 15.2. The molecule has 0 heterocycles. The molecule has 5 nitrogen and oxygen atoms in total. The Morgan fingerprint density at radius 2 is 2.15 bits per heavy atom. The molecule has 1 N–H and O–H groups in total. The van der Waals surface area contributed by atoms with Gasteiger partial charge in [-0.15, -0.1) is 0 Å². The highest BCUT2D eigenvalue weighted by Gasteiger charge is 2.32. The standard InChI is InChI=1S/C15H19NO4/c1-11-6-5-8-15(2,9-7-11)14(18)16-12(10-19-3)13(17)20-4/h6-7,9,12H,10H2,1-4H3,(H,16,18)/t12?,15-/m1/s1. The van der Waals surface area contributed by atoms with Gasteiger partial charge in [0.05, 0.1) is 13.7 Å². The van der Waals surface area contributed by atoms with Crippen LogP contribution in [0.2, 0.25) is 0 Å². The van der Waals surface area contributed by atoms with Crippen molar-refractivity contribution >= 4 is 11.9 Å². The predicted molar refractivity (Wildman–Crippen MR) is 74.6 cm³/mol. The van der Waals surface area contributed by atoms with Crippen molar-refractivity contribution < 1.29 is 19.1 Å². The minimum absolute atomic E-state index is 0.0446. The van der Waals surface area contributed by atoms with Gasteiger partial charge in [0.25, 0.3) is 0 Å². The lowest BCUT2D eigenvalue weighted by atomic mass is 9.89. The van der Waals surface area contributed by atoms with Crippen molar-refractivity contribution in [3.8, 4) is 11.8 Å². The number of nitrogens with one attached hydrogen (secondary N) is 1. The van der Waals surface area contributed by atoms with Gasteiger partial charge in [0.2, 0.25) is 5.91 Å². The first-order chi connectivity index (χ1) is 9.42. The van der Waals surface area contributed by atoms with Crippen LogP contribution in [0.1, 0.15) is 13.8 Å². The second-order valence-electron chi connectivity index (χ2n) is 4.70. The Kier molecular flexibility index (Phi) is 5.53. The second-order valence-corrected chi connectivity index (χ2v) is 4.70. The topological polar surface area (TPSA) is 64.6 Å². The van der Waals surface area contributed by atoms with E-state index in [1.54, 1.807) is 19.1 Å². The molecule has 1 amide bonds. The molecule has 1 aliphatic carbocycles. The summed E-state index contributed by atoms with van der Waals surface area (Å²) in [5.41, 5.74) is -0.0238. The number of hydrogen-bond acceptors (Lipinski definition) is 4. The lowest BCUT2D eigenvalue weighted by Crippen LogP contribution is -2.49. The molecule has 20 heavy (non-hydrogen) atoms. The molecule has 1 unspecified atom stereocenters. The molecule has 0 spiro atoms. The molecule has 2 atom stereocenters. The van der Waals surface area contributed by atoms with E-state index in [9.17, 15) is 9.59 Å². The minimum atomic E-state index is -0.992. The Labute approximate surface area is 119 Å². The Bertz CT molecular complexity index is 510. The van der Waals surface area contributed by atoms with E-state index in [2.05, 4.69) is 21.9 Å². The van der Waals surface area contributed by atoms with Crippen molar-refractivity contribution in [3.63, 3.8) is 0 Å². The second kappa shape index (κ2) is 6.92. The maximum atomic E-state index is 12.3. The molecule has 0 aromatic carbocycles. The smallest absolute Gasteiger partial charge is 0.330 e. The average Bonchev–Trinajstić information content (AvgIpc) is 2.60. The van der Waals surface area contributed by atoms with Gasteiger partial charge in [-0.1, -0.05) is 24.0 Å². The third-order valence-corrected chi connectivity index (χ3v) is 2.91. The first-order valence-corrected chi connectivity index (χ1v) is 6.19. The van der Waals surface area contributed by atoms with Gasteiger partial charge in [-0.2, -0.15) is 0 Å². The predicted octanol–water partition coefficient (Wildman–Crippen LogP) is 0.816. The van der Waals surface area contributed by atoms with Crippen LogP contribution in [-0.2, 0) is 19.1 Å². The third-order valence-electron chi connectivity index (χ3n) is 2.91. The lowest BCUT2D eigenvalue weighted by Gasteiger charge is -2.22. The summed E-state index contributed by atoms with van der Waals surface area (Å²) in [5.74, 6) is 4.79. The van der Waals surface area contributed by atoms with Gasteiger partial charge in [0, 0.05) is 7.11 Å². The van der Waals surface area contributed by atoms with Gasteiger partial charge in [0.1, 0.15) is 5.41 Å². The molecule has 0 fully saturated rings. The van der Waals surface area contributed by atoms with E-state index in [1.807, 2.05) is 13.0 Å². The maximum Gasteiger partial charge on any atom is 0.330 e. The maximum absolute atomic E-state index is 12.3. The number of rotatable bonds is 5. The van der Waals surface area contributed by atoms with E-state index in [1.165, 1.54) is 14.2 Å². The number of esters is 1. The molecule has 0 bridgehead atoms. The van der Waals surface area contributed by atoms with Crippen molar-refractivity contribution in [3.05, 3.63) is 23.8 Å². The Morgan fingerprint density at radius 3 is 2.75 bits per heavy atom. The molecule has 5 heteroatoms. The molecule has 1 rings (SSSR count). The Hall–Kier alpha value is -2.06. The van der Waals surface area contributed by atoms with Crippen LogP contribution in [0.3, 0.4) is 0 Å². The van der Waals surface area contributed by atoms with E-state index in [4.69, 9.17) is 4.74 Å². The quantitative estimate of drug-likeness (QED) is 0.597. The summed E-state index contributed by atoms with van der Waals surface area (Å²) in [4.78, 5) is 23.9. The minimum Gasteiger partial charge on any atom is -0.467 e. The molecular weight excluding hydrogens is 258 g/mol. The van der Waals surface area contributed by atoms with Crippen molar-refractivity contribution in [1.29, 1.82) is 0 Å². The lowest BCUT2D eigenvalue weighted by molar-refractivity contribution is -0.147. The summed E-state index contributed by atoms with van der Waals surface area (Å²) in [5, 5.41) is 2.61. The molecule has 0 aliphatic heterocycles. The summed E-state index contributed by atoms with van der Waals surface area (Å²) < 4.78 is 9.54. The average molecular weight is 277 g/mol. The van der Waals surface area contributed by atoms with E-state index in [0.717, 1.165) is 5.57 Å². The van der Waals surface area contributed by atoms with Crippen LogP contribution in [0, 0.1) is 17.3 Å². The summed E-state index contributed by atoms with van der Waals surface area (Å²) in [6.45, 7) is 3.64. The highest BCUT2D eigenvalue weighted by Crippen LogP contribution is 2.20. The molecule has 0 saturated carbocycles. The normalized spacial score (nSPS) is 21.9. The van der Waals surface area contributed by atoms with Crippen molar-refractivity contribution in [1.82, 2.24) is 5.32 Å². The monoisotopic (exact) mass is 277 g/mol. The number of hydrogen-bond donors (Lipinski definition) is 1. The first kappa shape index (κ1) is 16.0. The fraction of sp³-hybridized carbons (Fsp3) is 0.467. The number of amides is 1. The molecule has 0 aromatic rings. The number of carbonyl (C=O) groups is 2. The fourth-order valence-electron chi connectivity index (χ4n) is 1.61. The van der Waals surface area contributed by atoms with Gasteiger partial charge in [-0.25, -0.2) is 4.79 Å². The summed E-state index contributed by atoms with van der Waals surface area (Å²) in [6, 6.07) is -0.846. The van der Waals surface area contributed by atoms with Gasteiger partial charge in [-0.3, -0.25) is 4.79 Å². The van der Waals surface area contributed by atoms with Gasteiger partial charge >= 0.3 is 5.97 Å². The molecule has 0 saturated heterocycles. The number of allylic oxidation sites excluding steroid dienone is 3. The molecule has 0 radical (unpaired) electrons. The highest BCUT2D eigenvalue weighted by molar-refractivity contribution is 5.91. The molecular formula is C15H19NO4. The van der Waals surface area contributed by atoms with Crippen LogP contribution in [0.4, 0.5) is 0 Å². The molecule has 108 valence electrons. The summed E-state index contributed by atoms with van der Waals surface area (Å²) in [6.07, 6.45) is 5.27. The van der Waals surface area contributed by atoms with E-state index in [-0.39, 0.29) is 12.5 Å². The Morgan fingerprint density at radius 1 is 1.45 bits per heavy atom. The van der Waals surface area contributed by atoms with Crippen LogP contribution in [0.15, 0.2) is 23.8 Å². The van der Waals surface area contributed by atoms with Crippen LogP contribution < -0.4 is 5.32 Å². The van der Waals surface area contributed by atoms with Crippen molar-refractivity contribution in [2.24, 2.45) is 5.41 Å². The zero-order valence-corrected chi connectivity index (χ0v) is 12.1. The SMILES string of the molecule is COCC(NC(=O)[C@]1(C)C#CC=C(C)C=C1)C(=O)OC. The van der Waals surface area contributed by atoms with Gasteiger partial charge in [-0.05, 0) is 25.5 Å². The highest BCUT2D eigenvalue weighted by atomic mass is 16.5. The van der Waals surface area contributed by atoms with Crippen LogP contribution in [0.5, 0.6) is 0 Å². The van der Waals surface area contributed by atoms with Crippen LogP contribution >= 0.6 is 0 Å². The van der Waals surface area contributed by atoms with Crippen molar-refractivity contribution in [2.75, 3.05) is 20.8 Å². The van der Waals surface area contributed by atoms with Gasteiger partial charge in [0.15, 0.2) is 6.04 Å². The largest absolute Gasteiger partial charge is 0.467 e. The van der Waals surface area contributed by atoms with Gasteiger partial charge < -0.3 is 14.8 Å². The van der Waals surface area contributed by atoms with E-state index >= 15 is 0 Å². The van der Waals surface area contributed by atoms with E-state index in [0.29, 0.717) is 0 Å². The summed E-state index contributed by atoms with van der Waals surface area (Å²) >= 11 is 0. The summed E-state index contributed by atoms with van der Waals surface area (Å²) in [7, 11) is 2.71. The van der Waals surface area contributed by atoms with Crippen LogP contribution in [-0.4, -0.2) is 38.7 Å². The Balaban J connectivity index is 2.85. The first-order valence-electron chi connectivity index (χ1n) is 6.19. The fourth-order valence-corrected chi connectivity index (χ4v) is 1.61.